The first-order valence-electron chi connectivity index (χ1n) is 3.53. The number of carbonyl (C=O) groups is 1. The standard InChI is InChI=1S/C9H8N2O/c10-6-5-8-1-3-9(4-2-8)11-7-12/h1-4,7H,5H2,(H,11,12). The molecule has 1 N–H and O–H groups in total. The first-order valence-corrected chi connectivity index (χ1v) is 3.53. The highest BCUT2D eigenvalue weighted by Gasteiger charge is 1.91. The molecule has 0 heterocycles. The summed E-state index contributed by atoms with van der Waals surface area (Å²) in [6.45, 7) is 0. The number of rotatable bonds is 3. The summed E-state index contributed by atoms with van der Waals surface area (Å²) in [5.41, 5.74) is 1.70. The molecule has 0 saturated carbocycles. The molecule has 12 heavy (non-hydrogen) atoms. The normalized spacial score (nSPS) is 8.58. The number of nitrogens with zero attached hydrogens (tertiary/aromatic N) is 1. The Morgan fingerprint density at radius 3 is 2.58 bits per heavy atom. The lowest BCUT2D eigenvalue weighted by molar-refractivity contribution is -0.105. The van der Waals surface area contributed by atoms with Gasteiger partial charge in [0.15, 0.2) is 0 Å². The minimum atomic E-state index is 0.404. The van der Waals surface area contributed by atoms with E-state index in [0.29, 0.717) is 12.8 Å². The first-order chi connectivity index (χ1) is 5.86. The average molecular weight is 160 g/mol. The highest BCUT2D eigenvalue weighted by Crippen LogP contribution is 2.08. The third-order valence-electron chi connectivity index (χ3n) is 1.46. The van der Waals surface area contributed by atoms with Crippen molar-refractivity contribution in [2.75, 3.05) is 5.32 Å². The molecule has 1 rings (SSSR count). The first kappa shape index (κ1) is 8.28. The van der Waals surface area contributed by atoms with Crippen LogP contribution in [0.4, 0.5) is 5.69 Å². The van der Waals surface area contributed by atoms with Crippen molar-refractivity contribution in [3.8, 4) is 6.07 Å². The molecule has 0 saturated heterocycles. The topological polar surface area (TPSA) is 52.9 Å². The molecular formula is C9H8N2O. The SMILES string of the molecule is N#CCc1ccc(NC=O)cc1. The van der Waals surface area contributed by atoms with Gasteiger partial charge >= 0.3 is 0 Å². The maximum atomic E-state index is 10.0. The van der Waals surface area contributed by atoms with Gasteiger partial charge in [-0.2, -0.15) is 5.26 Å². The molecule has 0 unspecified atom stereocenters. The molecule has 3 nitrogen and oxygen atoms in total. The van der Waals surface area contributed by atoms with Crippen LogP contribution in [-0.2, 0) is 11.2 Å². The Morgan fingerprint density at radius 1 is 1.42 bits per heavy atom. The molecule has 0 aliphatic carbocycles. The number of anilines is 1. The zero-order chi connectivity index (χ0) is 8.81. The lowest BCUT2D eigenvalue weighted by atomic mass is 10.1. The molecule has 1 amide bonds. The van der Waals surface area contributed by atoms with Crippen molar-refractivity contribution in [3.63, 3.8) is 0 Å². The molecule has 0 aliphatic rings. The van der Waals surface area contributed by atoms with Crippen molar-refractivity contribution in [3.05, 3.63) is 29.8 Å². The molecular weight excluding hydrogens is 152 g/mol. The van der Waals surface area contributed by atoms with Gasteiger partial charge < -0.3 is 5.32 Å². The van der Waals surface area contributed by atoms with E-state index in [2.05, 4.69) is 5.32 Å². The summed E-state index contributed by atoms with van der Waals surface area (Å²) in [6, 6.07) is 9.20. The van der Waals surface area contributed by atoms with Crippen LogP contribution in [-0.4, -0.2) is 6.41 Å². The van der Waals surface area contributed by atoms with Crippen molar-refractivity contribution in [2.24, 2.45) is 0 Å². The van der Waals surface area contributed by atoms with Crippen molar-refractivity contribution in [1.29, 1.82) is 5.26 Å². The fourth-order valence-electron chi connectivity index (χ4n) is 0.878. The van der Waals surface area contributed by atoms with Gasteiger partial charge in [-0.1, -0.05) is 12.1 Å². The Hall–Kier alpha value is -1.82. The van der Waals surface area contributed by atoms with Crippen LogP contribution in [0.1, 0.15) is 5.56 Å². The molecule has 0 fully saturated rings. The van der Waals surface area contributed by atoms with Gasteiger partial charge in [0.2, 0.25) is 6.41 Å². The number of hydrogen-bond acceptors (Lipinski definition) is 2. The quantitative estimate of drug-likeness (QED) is 0.678. The lowest BCUT2D eigenvalue weighted by Gasteiger charge is -1.98. The van der Waals surface area contributed by atoms with Crippen molar-refractivity contribution >= 4 is 12.1 Å². The number of nitrogens with one attached hydrogen (secondary N) is 1. The maximum absolute atomic E-state index is 10.0. The van der Waals surface area contributed by atoms with Crippen LogP contribution in [0.3, 0.4) is 0 Å². The second-order valence-electron chi connectivity index (χ2n) is 2.29. The smallest absolute Gasteiger partial charge is 0.211 e. The molecule has 60 valence electrons. The average Bonchev–Trinajstić information content (AvgIpc) is 2.09. The van der Waals surface area contributed by atoms with Crippen molar-refractivity contribution < 1.29 is 4.79 Å². The number of carbonyl (C=O) groups excluding carboxylic acids is 1. The van der Waals surface area contributed by atoms with Gasteiger partial charge in [-0.05, 0) is 17.7 Å². The Balaban J connectivity index is 2.72. The summed E-state index contributed by atoms with van der Waals surface area (Å²) in [5.74, 6) is 0. The Kier molecular flexibility index (Phi) is 2.86. The molecule has 0 aromatic heterocycles. The third-order valence-corrected chi connectivity index (χ3v) is 1.46. The minimum absolute atomic E-state index is 0.404. The zero-order valence-electron chi connectivity index (χ0n) is 6.45. The number of amides is 1. The Morgan fingerprint density at radius 2 is 2.08 bits per heavy atom. The highest BCUT2D eigenvalue weighted by atomic mass is 16.1. The van der Waals surface area contributed by atoms with Crippen LogP contribution in [0.2, 0.25) is 0 Å². The van der Waals surface area contributed by atoms with E-state index in [1.54, 1.807) is 12.1 Å². The molecule has 1 aromatic rings. The largest absolute Gasteiger partial charge is 0.329 e. The molecule has 0 atom stereocenters. The van der Waals surface area contributed by atoms with Crippen LogP contribution < -0.4 is 5.32 Å². The van der Waals surface area contributed by atoms with Crippen molar-refractivity contribution in [1.82, 2.24) is 0 Å². The summed E-state index contributed by atoms with van der Waals surface area (Å²) in [4.78, 5) is 10.0. The van der Waals surface area contributed by atoms with Gasteiger partial charge in [-0.15, -0.1) is 0 Å². The number of benzene rings is 1. The highest BCUT2D eigenvalue weighted by molar-refractivity contribution is 5.71. The molecule has 3 heteroatoms. The van der Waals surface area contributed by atoms with Gasteiger partial charge in [0.1, 0.15) is 0 Å². The lowest BCUT2D eigenvalue weighted by Crippen LogP contribution is -1.93. The maximum Gasteiger partial charge on any atom is 0.211 e. The van der Waals surface area contributed by atoms with Crippen LogP contribution in [0.15, 0.2) is 24.3 Å². The van der Waals surface area contributed by atoms with Gasteiger partial charge in [-0.25, -0.2) is 0 Å². The summed E-state index contributed by atoms with van der Waals surface area (Å²) >= 11 is 0. The van der Waals surface area contributed by atoms with Crippen LogP contribution >= 0.6 is 0 Å². The molecule has 1 aromatic carbocycles. The monoisotopic (exact) mass is 160 g/mol. The minimum Gasteiger partial charge on any atom is -0.329 e. The second kappa shape index (κ2) is 4.14. The van der Waals surface area contributed by atoms with Gasteiger partial charge in [0.05, 0.1) is 12.5 Å². The van der Waals surface area contributed by atoms with Crippen molar-refractivity contribution in [2.45, 2.75) is 6.42 Å². The van der Waals surface area contributed by atoms with E-state index in [0.717, 1.165) is 11.3 Å². The summed E-state index contributed by atoms with van der Waals surface area (Å²) in [7, 11) is 0. The molecule has 0 spiro atoms. The summed E-state index contributed by atoms with van der Waals surface area (Å²) in [6.07, 6.45) is 1.03. The van der Waals surface area contributed by atoms with E-state index >= 15 is 0 Å². The zero-order valence-corrected chi connectivity index (χ0v) is 6.45. The van der Waals surface area contributed by atoms with Crippen LogP contribution in [0.5, 0.6) is 0 Å². The predicted octanol–water partition coefficient (Wildman–Crippen LogP) is 1.32. The summed E-state index contributed by atoms with van der Waals surface area (Å²) < 4.78 is 0. The van der Waals surface area contributed by atoms with Crippen LogP contribution in [0, 0.1) is 11.3 Å². The van der Waals surface area contributed by atoms with E-state index in [4.69, 9.17) is 5.26 Å². The van der Waals surface area contributed by atoms with Gasteiger partial charge in [0, 0.05) is 5.69 Å². The van der Waals surface area contributed by atoms with Gasteiger partial charge in [-0.3, -0.25) is 4.79 Å². The third kappa shape index (κ3) is 2.10. The number of nitriles is 1. The molecule has 0 bridgehead atoms. The second-order valence-corrected chi connectivity index (χ2v) is 2.29. The van der Waals surface area contributed by atoms with E-state index in [9.17, 15) is 4.79 Å². The van der Waals surface area contributed by atoms with E-state index in [1.807, 2.05) is 18.2 Å². The van der Waals surface area contributed by atoms with E-state index in [-0.39, 0.29) is 0 Å². The number of hydrogen-bond donors (Lipinski definition) is 1. The van der Waals surface area contributed by atoms with E-state index < -0.39 is 0 Å². The predicted molar refractivity (Wildman–Crippen MR) is 45.4 cm³/mol. The Bertz CT molecular complexity index is 297. The van der Waals surface area contributed by atoms with E-state index in [1.165, 1.54) is 0 Å². The fraction of sp³-hybridized carbons (Fsp3) is 0.111. The summed E-state index contributed by atoms with van der Waals surface area (Å²) in [5, 5.41) is 10.9. The molecule has 0 radical (unpaired) electrons. The molecule has 0 aliphatic heterocycles. The fourth-order valence-corrected chi connectivity index (χ4v) is 0.878. The Labute approximate surface area is 70.6 Å². The van der Waals surface area contributed by atoms with Gasteiger partial charge in [0.25, 0.3) is 0 Å². The van der Waals surface area contributed by atoms with Crippen LogP contribution in [0.25, 0.3) is 0 Å².